The Bertz CT molecular complexity index is 452. The van der Waals surface area contributed by atoms with E-state index in [4.69, 9.17) is 0 Å². The van der Waals surface area contributed by atoms with Crippen LogP contribution in [0.4, 0.5) is 5.69 Å². The zero-order chi connectivity index (χ0) is 11.8. The van der Waals surface area contributed by atoms with Gasteiger partial charge in [0.25, 0.3) is 0 Å². The van der Waals surface area contributed by atoms with Gasteiger partial charge in [-0.05, 0) is 65.1 Å². The quantitative estimate of drug-likeness (QED) is 0.771. The number of hydrogen-bond acceptors (Lipinski definition) is 1. The topological polar surface area (TPSA) is 29.1 Å². The molecule has 1 aromatic rings. The van der Waals surface area contributed by atoms with Crippen LogP contribution >= 0.6 is 22.6 Å². The van der Waals surface area contributed by atoms with Crippen molar-refractivity contribution in [1.29, 1.82) is 0 Å². The molecule has 1 aliphatic carbocycles. The van der Waals surface area contributed by atoms with E-state index >= 15 is 0 Å². The van der Waals surface area contributed by atoms with Gasteiger partial charge >= 0.3 is 0 Å². The summed E-state index contributed by atoms with van der Waals surface area (Å²) >= 11 is 2.32. The van der Waals surface area contributed by atoms with E-state index in [2.05, 4.69) is 40.0 Å². The van der Waals surface area contributed by atoms with Crippen molar-refractivity contribution in [3.63, 3.8) is 0 Å². The SMILES string of the molecule is O=C1Nc2ccc(I)cc2C1C1CCCCC1. The van der Waals surface area contributed by atoms with Crippen molar-refractivity contribution in [2.24, 2.45) is 5.92 Å². The summed E-state index contributed by atoms with van der Waals surface area (Å²) < 4.78 is 1.22. The molecule has 2 nitrogen and oxygen atoms in total. The van der Waals surface area contributed by atoms with Gasteiger partial charge in [-0.3, -0.25) is 4.79 Å². The molecular formula is C14H16INO. The molecular weight excluding hydrogens is 325 g/mol. The number of amides is 1. The van der Waals surface area contributed by atoms with E-state index in [1.807, 2.05) is 6.07 Å². The van der Waals surface area contributed by atoms with Crippen LogP contribution in [0.15, 0.2) is 18.2 Å². The molecule has 1 aliphatic heterocycles. The summed E-state index contributed by atoms with van der Waals surface area (Å²) in [5.74, 6) is 0.886. The Hall–Kier alpha value is -0.580. The van der Waals surface area contributed by atoms with Crippen molar-refractivity contribution in [2.75, 3.05) is 5.32 Å². The first kappa shape index (κ1) is 11.5. The zero-order valence-corrected chi connectivity index (χ0v) is 11.9. The van der Waals surface area contributed by atoms with E-state index in [9.17, 15) is 4.79 Å². The molecule has 2 aliphatic rings. The van der Waals surface area contributed by atoms with Crippen LogP contribution in [0.1, 0.15) is 43.6 Å². The van der Waals surface area contributed by atoms with E-state index in [1.54, 1.807) is 0 Å². The van der Waals surface area contributed by atoms with Gasteiger partial charge in [0.1, 0.15) is 0 Å². The first-order valence-corrected chi connectivity index (χ1v) is 7.44. The minimum absolute atomic E-state index is 0.111. The van der Waals surface area contributed by atoms with Gasteiger partial charge in [-0.1, -0.05) is 19.3 Å². The predicted molar refractivity (Wildman–Crippen MR) is 77.1 cm³/mol. The normalized spacial score (nSPS) is 24.5. The molecule has 1 unspecified atom stereocenters. The average molecular weight is 341 g/mol. The Morgan fingerprint density at radius 2 is 1.94 bits per heavy atom. The molecule has 1 fully saturated rings. The minimum atomic E-state index is 0.111. The van der Waals surface area contributed by atoms with Gasteiger partial charge in [0.2, 0.25) is 5.91 Å². The molecule has 0 radical (unpaired) electrons. The monoisotopic (exact) mass is 341 g/mol. The molecule has 0 spiro atoms. The molecule has 1 heterocycles. The largest absolute Gasteiger partial charge is 0.325 e. The van der Waals surface area contributed by atoms with E-state index in [0.29, 0.717) is 5.92 Å². The van der Waals surface area contributed by atoms with Crippen LogP contribution in [0.25, 0.3) is 0 Å². The van der Waals surface area contributed by atoms with Gasteiger partial charge in [0.15, 0.2) is 0 Å². The standard InChI is InChI=1S/C14H16INO/c15-10-6-7-12-11(8-10)13(14(17)16-12)9-4-2-1-3-5-9/h6-9,13H,1-5H2,(H,16,17). The summed E-state index contributed by atoms with van der Waals surface area (Å²) in [6.07, 6.45) is 6.33. The molecule has 1 amide bonds. The summed E-state index contributed by atoms with van der Waals surface area (Å²) in [4.78, 5) is 12.1. The minimum Gasteiger partial charge on any atom is -0.325 e. The van der Waals surface area contributed by atoms with E-state index in [0.717, 1.165) is 5.69 Å². The van der Waals surface area contributed by atoms with Crippen molar-refractivity contribution >= 4 is 34.2 Å². The van der Waals surface area contributed by atoms with Gasteiger partial charge in [-0.25, -0.2) is 0 Å². The number of hydrogen-bond donors (Lipinski definition) is 1. The predicted octanol–water partition coefficient (Wildman–Crippen LogP) is 3.91. The van der Waals surface area contributed by atoms with Crippen molar-refractivity contribution in [2.45, 2.75) is 38.0 Å². The summed E-state index contributed by atoms with van der Waals surface area (Å²) in [5, 5.41) is 3.03. The fourth-order valence-electron chi connectivity index (χ4n) is 3.19. The third kappa shape index (κ3) is 2.09. The Morgan fingerprint density at radius 1 is 1.18 bits per heavy atom. The highest BCUT2D eigenvalue weighted by molar-refractivity contribution is 14.1. The van der Waals surface area contributed by atoms with Crippen molar-refractivity contribution < 1.29 is 4.79 Å². The number of fused-ring (bicyclic) bond motifs is 1. The fourth-order valence-corrected chi connectivity index (χ4v) is 3.71. The highest BCUT2D eigenvalue weighted by Gasteiger charge is 2.37. The second kappa shape index (κ2) is 4.59. The number of benzene rings is 1. The van der Waals surface area contributed by atoms with Crippen molar-refractivity contribution in [1.82, 2.24) is 0 Å². The van der Waals surface area contributed by atoms with Crippen LogP contribution in [0.3, 0.4) is 0 Å². The molecule has 1 atom stereocenters. The van der Waals surface area contributed by atoms with Crippen LogP contribution < -0.4 is 5.32 Å². The van der Waals surface area contributed by atoms with Gasteiger partial charge < -0.3 is 5.32 Å². The van der Waals surface area contributed by atoms with Crippen LogP contribution in [0, 0.1) is 9.49 Å². The fraction of sp³-hybridized carbons (Fsp3) is 0.500. The van der Waals surface area contributed by atoms with Crippen molar-refractivity contribution in [3.05, 3.63) is 27.3 Å². The Balaban J connectivity index is 1.95. The summed E-state index contributed by atoms with van der Waals surface area (Å²) in [5.41, 5.74) is 2.26. The van der Waals surface area contributed by atoms with E-state index in [-0.39, 0.29) is 11.8 Å². The molecule has 3 heteroatoms. The summed E-state index contributed by atoms with van der Waals surface area (Å²) in [6.45, 7) is 0. The first-order chi connectivity index (χ1) is 8.25. The maximum Gasteiger partial charge on any atom is 0.232 e. The summed E-state index contributed by atoms with van der Waals surface area (Å²) in [6, 6.07) is 6.27. The van der Waals surface area contributed by atoms with Crippen molar-refractivity contribution in [3.8, 4) is 0 Å². The van der Waals surface area contributed by atoms with Gasteiger partial charge in [-0.15, -0.1) is 0 Å². The van der Waals surface area contributed by atoms with Gasteiger partial charge in [-0.2, -0.15) is 0 Å². The van der Waals surface area contributed by atoms with Crippen LogP contribution in [0.2, 0.25) is 0 Å². The number of anilines is 1. The third-order valence-corrected chi connectivity index (χ3v) is 4.68. The lowest BCUT2D eigenvalue weighted by Gasteiger charge is -2.26. The van der Waals surface area contributed by atoms with Crippen LogP contribution in [0.5, 0.6) is 0 Å². The molecule has 90 valence electrons. The number of carbonyl (C=O) groups is 1. The molecule has 0 bridgehead atoms. The summed E-state index contributed by atoms with van der Waals surface area (Å²) in [7, 11) is 0. The number of nitrogens with one attached hydrogen (secondary N) is 1. The lowest BCUT2D eigenvalue weighted by Crippen LogP contribution is -2.22. The highest BCUT2D eigenvalue weighted by Crippen LogP contribution is 2.43. The number of rotatable bonds is 1. The molecule has 1 N–H and O–H groups in total. The lowest BCUT2D eigenvalue weighted by atomic mass is 9.77. The molecule has 1 saturated carbocycles. The average Bonchev–Trinajstić information content (AvgIpc) is 2.65. The zero-order valence-electron chi connectivity index (χ0n) is 9.71. The van der Waals surface area contributed by atoms with Gasteiger partial charge in [0, 0.05) is 9.26 Å². The number of carbonyl (C=O) groups excluding carboxylic acids is 1. The number of halogens is 1. The lowest BCUT2D eigenvalue weighted by molar-refractivity contribution is -0.118. The Kier molecular flexibility index (Phi) is 3.11. The molecule has 0 saturated heterocycles. The third-order valence-electron chi connectivity index (χ3n) is 4.01. The van der Waals surface area contributed by atoms with Crippen LogP contribution in [-0.2, 0) is 4.79 Å². The Morgan fingerprint density at radius 3 is 2.71 bits per heavy atom. The second-order valence-electron chi connectivity index (χ2n) is 5.10. The smallest absolute Gasteiger partial charge is 0.232 e. The van der Waals surface area contributed by atoms with Crippen LogP contribution in [-0.4, -0.2) is 5.91 Å². The maximum absolute atomic E-state index is 12.1. The molecule has 17 heavy (non-hydrogen) atoms. The van der Waals surface area contributed by atoms with E-state index < -0.39 is 0 Å². The molecule has 3 rings (SSSR count). The Labute approximate surface area is 115 Å². The highest BCUT2D eigenvalue weighted by atomic mass is 127. The second-order valence-corrected chi connectivity index (χ2v) is 6.34. The molecule has 0 aromatic heterocycles. The van der Waals surface area contributed by atoms with E-state index in [1.165, 1.54) is 41.2 Å². The molecule has 1 aromatic carbocycles. The maximum atomic E-state index is 12.1. The van der Waals surface area contributed by atoms with Gasteiger partial charge in [0.05, 0.1) is 5.92 Å². The first-order valence-electron chi connectivity index (χ1n) is 6.36.